The van der Waals surface area contributed by atoms with Crippen molar-refractivity contribution in [2.24, 2.45) is 0 Å². The lowest BCUT2D eigenvalue weighted by atomic mass is 9.75. The minimum Gasteiger partial charge on any atom is -0.197 e. The third kappa shape index (κ3) is 2.69. The van der Waals surface area contributed by atoms with E-state index in [1.165, 1.54) is 6.07 Å². The van der Waals surface area contributed by atoms with Gasteiger partial charge in [0.1, 0.15) is 0 Å². The van der Waals surface area contributed by atoms with Gasteiger partial charge < -0.3 is 0 Å². The van der Waals surface area contributed by atoms with Crippen LogP contribution in [0, 0.1) is 11.3 Å². The van der Waals surface area contributed by atoms with Gasteiger partial charge in [-0.25, -0.2) is 0 Å². The molecule has 5 heteroatoms. The molecule has 98 valence electrons. The zero-order valence-corrected chi connectivity index (χ0v) is 11.7. The molecule has 0 N–H and O–H groups in total. The third-order valence-corrected chi connectivity index (χ3v) is 3.72. The second-order valence-electron chi connectivity index (χ2n) is 4.09. The van der Waals surface area contributed by atoms with E-state index < -0.39 is 17.2 Å². The van der Waals surface area contributed by atoms with E-state index >= 15 is 0 Å². The van der Waals surface area contributed by atoms with E-state index in [0.717, 1.165) is 6.07 Å². The summed E-state index contributed by atoms with van der Waals surface area (Å²) in [5, 5.41) is 9.26. The van der Waals surface area contributed by atoms with Crippen LogP contribution in [-0.4, -0.2) is 0 Å². The molecule has 0 heterocycles. The Morgan fingerprint density at radius 1 is 1.17 bits per heavy atom. The Morgan fingerprint density at radius 2 is 1.72 bits per heavy atom. The Labute approximate surface area is 113 Å². The average Bonchev–Trinajstić information content (AvgIpc) is 2.32. The summed E-state index contributed by atoms with van der Waals surface area (Å²) >= 11 is 3.04. The first-order valence-electron chi connectivity index (χ1n) is 5.59. The number of halogens is 4. The van der Waals surface area contributed by atoms with Crippen LogP contribution in [0.2, 0.25) is 0 Å². The number of alkyl halides is 3. The molecule has 0 aliphatic rings. The number of rotatable bonds is 3. The van der Waals surface area contributed by atoms with Crippen LogP contribution in [0.3, 0.4) is 0 Å². The SMILES string of the molecule is CCC(C#N)(CC)c1ccc(Br)cc1C(F)(F)F. The van der Waals surface area contributed by atoms with Gasteiger partial charge in [-0.15, -0.1) is 0 Å². The number of nitrogens with zero attached hydrogens (tertiary/aromatic N) is 1. The highest BCUT2D eigenvalue weighted by Crippen LogP contribution is 2.41. The fourth-order valence-electron chi connectivity index (χ4n) is 2.02. The van der Waals surface area contributed by atoms with Crippen molar-refractivity contribution in [1.82, 2.24) is 0 Å². The van der Waals surface area contributed by atoms with E-state index in [1.807, 2.05) is 6.07 Å². The van der Waals surface area contributed by atoms with Crippen LogP contribution in [0.5, 0.6) is 0 Å². The Kier molecular flexibility index (Phi) is 4.44. The lowest BCUT2D eigenvalue weighted by Gasteiger charge is -2.27. The molecule has 0 atom stereocenters. The van der Waals surface area contributed by atoms with Crippen LogP contribution in [0.1, 0.15) is 37.8 Å². The summed E-state index contributed by atoms with van der Waals surface area (Å²) in [5.41, 5.74) is -1.75. The minimum absolute atomic E-state index is 0.0608. The van der Waals surface area contributed by atoms with Crippen LogP contribution in [-0.2, 0) is 11.6 Å². The maximum atomic E-state index is 13.0. The minimum atomic E-state index is -4.45. The van der Waals surface area contributed by atoms with Crippen LogP contribution in [0.4, 0.5) is 13.2 Å². The molecule has 0 aliphatic heterocycles. The van der Waals surface area contributed by atoms with Crippen LogP contribution >= 0.6 is 15.9 Å². The highest BCUT2D eigenvalue weighted by atomic mass is 79.9. The molecular formula is C13H13BrF3N. The summed E-state index contributed by atoms with van der Waals surface area (Å²) in [6.45, 7) is 3.46. The summed E-state index contributed by atoms with van der Waals surface area (Å²) in [6, 6.07) is 6.02. The van der Waals surface area contributed by atoms with E-state index in [9.17, 15) is 18.4 Å². The first-order chi connectivity index (χ1) is 8.30. The van der Waals surface area contributed by atoms with Crippen LogP contribution in [0.25, 0.3) is 0 Å². The molecule has 1 aromatic carbocycles. The third-order valence-electron chi connectivity index (χ3n) is 3.22. The highest BCUT2D eigenvalue weighted by molar-refractivity contribution is 9.10. The van der Waals surface area contributed by atoms with Crippen molar-refractivity contribution < 1.29 is 13.2 Å². The molecule has 0 unspecified atom stereocenters. The molecule has 0 fully saturated rings. The number of hydrogen-bond acceptors (Lipinski definition) is 1. The van der Waals surface area contributed by atoms with Crippen molar-refractivity contribution in [3.8, 4) is 6.07 Å². The molecule has 18 heavy (non-hydrogen) atoms. The lowest BCUT2D eigenvalue weighted by molar-refractivity contribution is -0.138. The van der Waals surface area contributed by atoms with Gasteiger partial charge in [-0.2, -0.15) is 18.4 Å². The van der Waals surface area contributed by atoms with E-state index in [2.05, 4.69) is 15.9 Å². The molecule has 0 aliphatic carbocycles. The molecule has 1 rings (SSSR count). The van der Waals surface area contributed by atoms with Gasteiger partial charge in [0.2, 0.25) is 0 Å². The maximum absolute atomic E-state index is 13.0. The van der Waals surface area contributed by atoms with Crippen molar-refractivity contribution in [2.45, 2.75) is 38.3 Å². The monoisotopic (exact) mass is 319 g/mol. The Bertz CT molecular complexity index is 470. The van der Waals surface area contributed by atoms with Gasteiger partial charge in [-0.1, -0.05) is 35.8 Å². The predicted octanol–water partition coefficient (Wildman–Crippen LogP) is 5.05. The first kappa shape index (κ1) is 15.0. The largest absolute Gasteiger partial charge is 0.416 e. The van der Waals surface area contributed by atoms with Crippen LogP contribution < -0.4 is 0 Å². The summed E-state index contributed by atoms with van der Waals surface area (Å²) in [7, 11) is 0. The van der Waals surface area contributed by atoms with Crippen molar-refractivity contribution >= 4 is 15.9 Å². The summed E-state index contributed by atoms with van der Waals surface area (Å²) in [6.07, 6.45) is -3.75. The topological polar surface area (TPSA) is 23.8 Å². The first-order valence-corrected chi connectivity index (χ1v) is 6.38. The Morgan fingerprint density at radius 3 is 2.11 bits per heavy atom. The molecule has 0 bridgehead atoms. The summed E-state index contributed by atoms with van der Waals surface area (Å²) in [5.74, 6) is 0. The van der Waals surface area contributed by atoms with Gasteiger partial charge in [0.15, 0.2) is 0 Å². The second-order valence-corrected chi connectivity index (χ2v) is 5.00. The van der Waals surface area contributed by atoms with Gasteiger partial charge in [0, 0.05) is 4.47 Å². The number of nitriles is 1. The van der Waals surface area contributed by atoms with Crippen LogP contribution in [0.15, 0.2) is 22.7 Å². The van der Waals surface area contributed by atoms with Gasteiger partial charge in [-0.05, 0) is 30.5 Å². The molecule has 1 aromatic rings. The van der Waals surface area contributed by atoms with Gasteiger partial charge in [0.05, 0.1) is 17.0 Å². The molecular weight excluding hydrogens is 307 g/mol. The van der Waals surface area contributed by atoms with E-state index in [1.54, 1.807) is 19.9 Å². The fourth-order valence-corrected chi connectivity index (χ4v) is 2.38. The van der Waals surface area contributed by atoms with E-state index in [0.29, 0.717) is 17.3 Å². The van der Waals surface area contributed by atoms with Crippen molar-refractivity contribution in [2.75, 3.05) is 0 Å². The molecule has 0 spiro atoms. The molecule has 0 saturated carbocycles. The smallest absolute Gasteiger partial charge is 0.197 e. The zero-order valence-electron chi connectivity index (χ0n) is 10.1. The standard InChI is InChI=1S/C13H13BrF3N/c1-3-12(4-2,8-18)10-6-5-9(14)7-11(10)13(15,16)17/h5-7H,3-4H2,1-2H3. The second kappa shape index (κ2) is 5.31. The van der Waals surface area contributed by atoms with Gasteiger partial charge in [-0.3, -0.25) is 0 Å². The Hall–Kier alpha value is -1.02. The molecule has 0 radical (unpaired) electrons. The highest BCUT2D eigenvalue weighted by Gasteiger charge is 2.40. The lowest BCUT2D eigenvalue weighted by Crippen LogP contribution is -2.26. The number of hydrogen-bond donors (Lipinski definition) is 0. The van der Waals surface area contributed by atoms with Crippen molar-refractivity contribution in [3.05, 3.63) is 33.8 Å². The Balaban J connectivity index is 3.55. The normalized spacial score (nSPS) is 12.3. The van der Waals surface area contributed by atoms with Crippen molar-refractivity contribution in [1.29, 1.82) is 5.26 Å². The van der Waals surface area contributed by atoms with E-state index in [4.69, 9.17) is 0 Å². The molecule has 1 nitrogen and oxygen atoms in total. The summed E-state index contributed by atoms with van der Waals surface area (Å²) < 4.78 is 39.5. The summed E-state index contributed by atoms with van der Waals surface area (Å²) in [4.78, 5) is 0. The van der Waals surface area contributed by atoms with Crippen molar-refractivity contribution in [3.63, 3.8) is 0 Å². The van der Waals surface area contributed by atoms with Gasteiger partial charge >= 0.3 is 6.18 Å². The van der Waals surface area contributed by atoms with Gasteiger partial charge in [0.25, 0.3) is 0 Å². The quantitative estimate of drug-likeness (QED) is 0.764. The predicted molar refractivity (Wildman–Crippen MR) is 67.0 cm³/mol. The average molecular weight is 320 g/mol. The fraction of sp³-hybridized carbons (Fsp3) is 0.462. The molecule has 0 amide bonds. The van der Waals surface area contributed by atoms with E-state index in [-0.39, 0.29) is 5.56 Å². The molecule has 0 aromatic heterocycles. The number of benzene rings is 1. The molecule has 0 saturated heterocycles. The zero-order chi connectivity index (χ0) is 14.0. The maximum Gasteiger partial charge on any atom is 0.416 e.